The molecule has 1 aromatic heterocycles. The van der Waals surface area contributed by atoms with Crippen LogP contribution < -0.4 is 0 Å². The number of halogens is 3. The standard InChI is InChI=1S/C12H10F3NOS/c13-12(14,15)9-3-1-2-8(6-9)7-10(17)11-16-4-5-18-11/h1-6,10,17H,7H2. The summed E-state index contributed by atoms with van der Waals surface area (Å²) in [6, 6.07) is 4.97. The molecular formula is C12H10F3NOS. The van der Waals surface area contributed by atoms with Crippen LogP contribution in [0.4, 0.5) is 13.2 Å². The maximum atomic E-state index is 12.5. The van der Waals surface area contributed by atoms with Crippen molar-refractivity contribution in [2.24, 2.45) is 0 Å². The maximum Gasteiger partial charge on any atom is 0.416 e. The summed E-state index contributed by atoms with van der Waals surface area (Å²) < 4.78 is 37.5. The van der Waals surface area contributed by atoms with E-state index in [1.54, 1.807) is 17.6 Å². The summed E-state index contributed by atoms with van der Waals surface area (Å²) >= 11 is 1.28. The average molecular weight is 273 g/mol. The van der Waals surface area contributed by atoms with E-state index in [0.717, 1.165) is 12.1 Å². The van der Waals surface area contributed by atoms with Crippen molar-refractivity contribution in [1.29, 1.82) is 0 Å². The quantitative estimate of drug-likeness (QED) is 0.929. The van der Waals surface area contributed by atoms with E-state index < -0.39 is 17.8 Å². The van der Waals surface area contributed by atoms with E-state index in [0.29, 0.717) is 10.6 Å². The van der Waals surface area contributed by atoms with Gasteiger partial charge in [0, 0.05) is 18.0 Å². The van der Waals surface area contributed by atoms with Crippen LogP contribution in [-0.2, 0) is 12.6 Å². The molecule has 0 saturated carbocycles. The lowest BCUT2D eigenvalue weighted by Gasteiger charge is -2.11. The Bertz CT molecular complexity index is 510. The molecule has 1 N–H and O–H groups in total. The van der Waals surface area contributed by atoms with Gasteiger partial charge in [0.05, 0.1) is 5.56 Å². The van der Waals surface area contributed by atoms with Crippen LogP contribution in [0.5, 0.6) is 0 Å². The van der Waals surface area contributed by atoms with Gasteiger partial charge in [-0.2, -0.15) is 13.2 Å². The fourth-order valence-corrected chi connectivity index (χ4v) is 2.21. The first-order valence-corrected chi connectivity index (χ1v) is 6.08. The number of nitrogens with zero attached hydrogens (tertiary/aromatic N) is 1. The Morgan fingerprint density at radius 2 is 2.11 bits per heavy atom. The predicted octanol–water partition coefficient (Wildman–Crippen LogP) is 3.44. The number of aromatic nitrogens is 1. The van der Waals surface area contributed by atoms with Gasteiger partial charge in [0.15, 0.2) is 0 Å². The van der Waals surface area contributed by atoms with Crippen molar-refractivity contribution in [2.45, 2.75) is 18.7 Å². The Kier molecular flexibility index (Phi) is 3.68. The van der Waals surface area contributed by atoms with Crippen molar-refractivity contribution in [3.05, 3.63) is 52.0 Å². The highest BCUT2D eigenvalue weighted by Gasteiger charge is 2.30. The van der Waals surface area contributed by atoms with Gasteiger partial charge in [0.1, 0.15) is 11.1 Å². The monoisotopic (exact) mass is 273 g/mol. The number of benzene rings is 1. The molecule has 1 unspecified atom stereocenters. The van der Waals surface area contributed by atoms with Crippen LogP contribution in [-0.4, -0.2) is 10.1 Å². The van der Waals surface area contributed by atoms with Crippen molar-refractivity contribution in [2.75, 3.05) is 0 Å². The fourth-order valence-electron chi connectivity index (χ4n) is 1.58. The molecule has 0 amide bonds. The normalized spacial score (nSPS) is 13.6. The second-order valence-electron chi connectivity index (χ2n) is 3.79. The number of aliphatic hydroxyl groups excluding tert-OH is 1. The van der Waals surface area contributed by atoms with E-state index in [4.69, 9.17) is 0 Å². The zero-order chi connectivity index (χ0) is 13.2. The molecule has 6 heteroatoms. The van der Waals surface area contributed by atoms with Gasteiger partial charge in [-0.3, -0.25) is 0 Å². The first-order valence-electron chi connectivity index (χ1n) is 5.20. The van der Waals surface area contributed by atoms with Gasteiger partial charge in [0.25, 0.3) is 0 Å². The third-order valence-electron chi connectivity index (χ3n) is 2.42. The number of thiazole rings is 1. The summed E-state index contributed by atoms with van der Waals surface area (Å²) in [5.74, 6) is 0. The van der Waals surface area contributed by atoms with E-state index in [9.17, 15) is 18.3 Å². The van der Waals surface area contributed by atoms with Crippen LogP contribution in [0.1, 0.15) is 22.2 Å². The molecule has 0 fully saturated rings. The van der Waals surface area contributed by atoms with Crippen molar-refractivity contribution >= 4 is 11.3 Å². The van der Waals surface area contributed by atoms with E-state index in [1.807, 2.05) is 0 Å². The summed E-state index contributed by atoms with van der Waals surface area (Å²) in [4.78, 5) is 3.93. The van der Waals surface area contributed by atoms with Gasteiger partial charge in [-0.15, -0.1) is 11.3 Å². The minimum absolute atomic E-state index is 0.122. The molecular weight excluding hydrogens is 263 g/mol. The van der Waals surface area contributed by atoms with Gasteiger partial charge in [-0.05, 0) is 11.6 Å². The van der Waals surface area contributed by atoms with E-state index in [2.05, 4.69) is 4.98 Å². The first-order chi connectivity index (χ1) is 8.47. The fraction of sp³-hybridized carbons (Fsp3) is 0.250. The van der Waals surface area contributed by atoms with Crippen LogP contribution in [0.15, 0.2) is 35.8 Å². The number of aliphatic hydroxyl groups is 1. The third kappa shape index (κ3) is 3.08. The lowest BCUT2D eigenvalue weighted by atomic mass is 10.0. The van der Waals surface area contributed by atoms with Crippen molar-refractivity contribution in [3.63, 3.8) is 0 Å². The van der Waals surface area contributed by atoms with Crippen LogP contribution in [0.2, 0.25) is 0 Å². The molecule has 1 heterocycles. The van der Waals surface area contributed by atoms with Crippen molar-refractivity contribution < 1.29 is 18.3 Å². The molecule has 0 aliphatic carbocycles. The van der Waals surface area contributed by atoms with Gasteiger partial charge in [-0.25, -0.2) is 4.98 Å². The molecule has 96 valence electrons. The number of rotatable bonds is 3. The Labute approximate surface area is 106 Å². The highest BCUT2D eigenvalue weighted by atomic mass is 32.1. The van der Waals surface area contributed by atoms with Gasteiger partial charge in [0.2, 0.25) is 0 Å². The first kappa shape index (κ1) is 13.0. The van der Waals surface area contributed by atoms with Gasteiger partial charge >= 0.3 is 6.18 Å². The van der Waals surface area contributed by atoms with E-state index >= 15 is 0 Å². The van der Waals surface area contributed by atoms with Crippen molar-refractivity contribution in [3.8, 4) is 0 Å². The minimum Gasteiger partial charge on any atom is -0.386 e. The molecule has 18 heavy (non-hydrogen) atoms. The van der Waals surface area contributed by atoms with Gasteiger partial charge in [-0.1, -0.05) is 18.2 Å². The summed E-state index contributed by atoms with van der Waals surface area (Å²) in [6.07, 6.45) is -3.55. The molecule has 0 aliphatic heterocycles. The highest BCUT2D eigenvalue weighted by molar-refractivity contribution is 7.09. The second-order valence-corrected chi connectivity index (χ2v) is 4.71. The van der Waals surface area contributed by atoms with Crippen LogP contribution in [0, 0.1) is 0 Å². The third-order valence-corrected chi connectivity index (χ3v) is 3.30. The Morgan fingerprint density at radius 1 is 1.33 bits per heavy atom. The lowest BCUT2D eigenvalue weighted by molar-refractivity contribution is -0.137. The zero-order valence-corrected chi connectivity index (χ0v) is 10.0. The smallest absolute Gasteiger partial charge is 0.386 e. The van der Waals surface area contributed by atoms with Crippen LogP contribution >= 0.6 is 11.3 Å². The molecule has 0 bridgehead atoms. The van der Waals surface area contributed by atoms with Crippen LogP contribution in [0.3, 0.4) is 0 Å². The average Bonchev–Trinajstić information content (AvgIpc) is 2.81. The van der Waals surface area contributed by atoms with E-state index in [-0.39, 0.29) is 6.42 Å². The SMILES string of the molecule is OC(Cc1cccc(C(F)(F)F)c1)c1nccs1. The summed E-state index contributed by atoms with van der Waals surface area (Å²) in [6.45, 7) is 0. The molecule has 2 rings (SSSR count). The highest BCUT2D eigenvalue weighted by Crippen LogP contribution is 2.30. The molecule has 0 aliphatic rings. The Morgan fingerprint density at radius 3 is 2.72 bits per heavy atom. The molecule has 0 radical (unpaired) electrons. The minimum atomic E-state index is -4.36. The molecule has 1 atom stereocenters. The second kappa shape index (κ2) is 5.07. The summed E-state index contributed by atoms with van der Waals surface area (Å²) in [5.41, 5.74) is -0.265. The van der Waals surface area contributed by atoms with Gasteiger partial charge < -0.3 is 5.11 Å². The molecule has 1 aromatic carbocycles. The topological polar surface area (TPSA) is 33.1 Å². The number of hydrogen-bond donors (Lipinski definition) is 1. The summed E-state index contributed by atoms with van der Waals surface area (Å²) in [5, 5.41) is 12.0. The maximum absolute atomic E-state index is 12.5. The van der Waals surface area contributed by atoms with Crippen molar-refractivity contribution in [1.82, 2.24) is 4.98 Å². The number of alkyl halides is 3. The zero-order valence-electron chi connectivity index (χ0n) is 9.19. The molecule has 2 aromatic rings. The van der Waals surface area contributed by atoms with Crippen LogP contribution in [0.25, 0.3) is 0 Å². The molecule has 2 nitrogen and oxygen atoms in total. The lowest BCUT2D eigenvalue weighted by Crippen LogP contribution is -2.07. The predicted molar refractivity (Wildman–Crippen MR) is 62.2 cm³/mol. The molecule has 0 spiro atoms. The number of hydrogen-bond acceptors (Lipinski definition) is 3. The Hall–Kier alpha value is -1.40. The molecule has 0 saturated heterocycles. The Balaban J connectivity index is 2.15. The van der Waals surface area contributed by atoms with E-state index in [1.165, 1.54) is 17.4 Å². The largest absolute Gasteiger partial charge is 0.416 e. The summed E-state index contributed by atoms with van der Waals surface area (Å²) in [7, 11) is 0.